The second kappa shape index (κ2) is 23.3. The number of nitrogens with one attached hydrogen (secondary N) is 1. The highest BCUT2D eigenvalue weighted by atomic mass is 16.6. The lowest BCUT2D eigenvalue weighted by Gasteiger charge is -2.19. The number of epoxide rings is 1. The van der Waals surface area contributed by atoms with Crippen LogP contribution in [0.15, 0.2) is 66.2 Å². The van der Waals surface area contributed by atoms with Crippen LogP contribution in [0.2, 0.25) is 0 Å². The maximum absolute atomic E-state index is 12.8. The summed E-state index contributed by atoms with van der Waals surface area (Å²) in [6.45, 7) is 9.40. The molecule has 6 heteroatoms. The first-order chi connectivity index (χ1) is 23.8. The van der Waals surface area contributed by atoms with Crippen molar-refractivity contribution in [2.75, 3.05) is 13.2 Å². The van der Waals surface area contributed by atoms with Crippen molar-refractivity contribution in [2.45, 2.75) is 161 Å². The number of hydrogen-bond acceptors (Lipinski definition) is 5. The van der Waals surface area contributed by atoms with Crippen LogP contribution < -0.4 is 10.1 Å². The molecular formula is C43H65NO5. The largest absolute Gasteiger partial charge is 0.490 e. The van der Waals surface area contributed by atoms with Crippen molar-refractivity contribution in [3.8, 4) is 5.75 Å². The van der Waals surface area contributed by atoms with E-state index in [0.717, 1.165) is 36.1 Å². The predicted octanol–water partition coefficient (Wildman–Crippen LogP) is 10.7. The van der Waals surface area contributed by atoms with Crippen LogP contribution in [0, 0.1) is 0 Å². The predicted molar refractivity (Wildman–Crippen MR) is 201 cm³/mol. The first kappa shape index (κ1) is 40.3. The quantitative estimate of drug-likeness (QED) is 0.0441. The molecule has 6 nitrogen and oxygen atoms in total. The Bertz CT molecular complexity index is 1220. The monoisotopic (exact) mass is 675 g/mol. The van der Waals surface area contributed by atoms with Gasteiger partial charge in [-0.2, -0.15) is 0 Å². The minimum Gasteiger partial charge on any atom is -0.490 e. The zero-order valence-corrected chi connectivity index (χ0v) is 31.1. The Morgan fingerprint density at radius 2 is 1.37 bits per heavy atom. The van der Waals surface area contributed by atoms with Gasteiger partial charge in [-0.25, -0.2) is 0 Å². The average Bonchev–Trinajstić information content (AvgIpc) is 3.71. The number of hydrogen-bond donors (Lipinski definition) is 1. The molecule has 0 radical (unpaired) electrons. The van der Waals surface area contributed by atoms with E-state index < -0.39 is 0 Å². The van der Waals surface area contributed by atoms with Crippen LogP contribution >= 0.6 is 0 Å². The molecule has 1 aliphatic rings. The van der Waals surface area contributed by atoms with E-state index in [1.54, 1.807) is 0 Å². The third-order valence-electron chi connectivity index (χ3n) is 9.67. The summed E-state index contributed by atoms with van der Waals surface area (Å²) in [5, 5.41) is 2.97. The maximum Gasteiger partial charge on any atom is 0.306 e. The highest BCUT2D eigenvalue weighted by molar-refractivity contribution is 5.94. The zero-order valence-electron chi connectivity index (χ0n) is 31.1. The van der Waals surface area contributed by atoms with Crippen LogP contribution in [-0.4, -0.2) is 42.8 Å². The van der Waals surface area contributed by atoms with E-state index in [0.29, 0.717) is 31.6 Å². The van der Waals surface area contributed by atoms with Crippen molar-refractivity contribution in [3.63, 3.8) is 0 Å². The number of benzene rings is 2. The lowest BCUT2D eigenvalue weighted by molar-refractivity contribution is -0.147. The summed E-state index contributed by atoms with van der Waals surface area (Å²) in [5.41, 5.74) is 2.62. The van der Waals surface area contributed by atoms with Crippen molar-refractivity contribution < 1.29 is 23.8 Å². The molecule has 0 aliphatic carbocycles. The second-order valence-corrected chi connectivity index (χ2v) is 14.4. The van der Waals surface area contributed by atoms with Gasteiger partial charge in [0.2, 0.25) is 0 Å². The van der Waals surface area contributed by atoms with Gasteiger partial charge in [0.25, 0.3) is 5.91 Å². The fourth-order valence-electron chi connectivity index (χ4n) is 6.21. The van der Waals surface area contributed by atoms with Gasteiger partial charge in [-0.3, -0.25) is 9.59 Å². The van der Waals surface area contributed by atoms with E-state index >= 15 is 0 Å². The van der Waals surface area contributed by atoms with Crippen LogP contribution in [0.5, 0.6) is 5.75 Å². The van der Waals surface area contributed by atoms with E-state index in [1.165, 1.54) is 83.5 Å². The number of esters is 1. The molecule has 2 atom stereocenters. The lowest BCUT2D eigenvalue weighted by Crippen LogP contribution is -2.25. The number of carbonyl (C=O) groups is 2. The molecule has 1 N–H and O–H groups in total. The summed E-state index contributed by atoms with van der Waals surface area (Å²) < 4.78 is 17.8. The molecule has 1 amide bonds. The number of rotatable bonds is 27. The topological polar surface area (TPSA) is 77.2 Å². The van der Waals surface area contributed by atoms with E-state index in [2.05, 4.69) is 26.1 Å². The van der Waals surface area contributed by atoms with Gasteiger partial charge >= 0.3 is 5.97 Å². The summed E-state index contributed by atoms with van der Waals surface area (Å²) in [5.74, 6) is 0.588. The van der Waals surface area contributed by atoms with Crippen LogP contribution in [0.3, 0.4) is 0 Å². The second-order valence-electron chi connectivity index (χ2n) is 14.4. The van der Waals surface area contributed by atoms with E-state index in [-0.39, 0.29) is 29.7 Å². The highest BCUT2D eigenvalue weighted by Crippen LogP contribution is 2.39. The van der Waals surface area contributed by atoms with E-state index in [4.69, 9.17) is 14.2 Å². The molecule has 1 saturated heterocycles. The third kappa shape index (κ3) is 17.4. The Labute approximate surface area is 297 Å². The van der Waals surface area contributed by atoms with Crippen molar-refractivity contribution in [1.82, 2.24) is 5.32 Å². The molecule has 1 aliphatic heterocycles. The van der Waals surface area contributed by atoms with Crippen molar-refractivity contribution in [1.29, 1.82) is 0 Å². The SMILES string of the molecule is CCCCCCCCCCCCCCCCCC(=O)OC(CC1OC1(C)C)/C(C)=C/COc1ccc(CCNC(=O)c2ccccc2)cc1. The minimum absolute atomic E-state index is 0.0615. The number of unbranched alkanes of at least 4 members (excludes halogenated alkanes) is 14. The molecule has 2 aromatic carbocycles. The fourth-order valence-corrected chi connectivity index (χ4v) is 6.21. The number of ether oxygens (including phenoxy) is 3. The minimum atomic E-state index is -0.312. The van der Waals surface area contributed by atoms with Gasteiger partial charge in [0.15, 0.2) is 0 Å². The molecular weight excluding hydrogens is 610 g/mol. The smallest absolute Gasteiger partial charge is 0.306 e. The Balaban J connectivity index is 1.29. The van der Waals surface area contributed by atoms with Crippen LogP contribution in [0.25, 0.3) is 0 Å². The molecule has 49 heavy (non-hydrogen) atoms. The summed E-state index contributed by atoms with van der Waals surface area (Å²) in [4.78, 5) is 25.1. The summed E-state index contributed by atoms with van der Waals surface area (Å²) >= 11 is 0. The lowest BCUT2D eigenvalue weighted by atomic mass is 10.0. The summed E-state index contributed by atoms with van der Waals surface area (Å²) in [7, 11) is 0. The molecule has 2 aromatic rings. The molecule has 2 unspecified atom stereocenters. The molecule has 0 aromatic heterocycles. The Hall–Kier alpha value is -3.12. The van der Waals surface area contributed by atoms with Crippen LogP contribution in [0.4, 0.5) is 0 Å². The fraction of sp³-hybridized carbons (Fsp3) is 0.628. The molecule has 1 heterocycles. The van der Waals surface area contributed by atoms with Crippen molar-refractivity contribution in [3.05, 3.63) is 77.4 Å². The third-order valence-corrected chi connectivity index (χ3v) is 9.67. The zero-order chi connectivity index (χ0) is 35.2. The first-order valence-corrected chi connectivity index (χ1v) is 19.4. The number of carbonyl (C=O) groups excluding carboxylic acids is 2. The van der Waals surface area contributed by atoms with Crippen LogP contribution in [0.1, 0.15) is 153 Å². The average molecular weight is 676 g/mol. The van der Waals surface area contributed by atoms with Gasteiger partial charge < -0.3 is 19.5 Å². The van der Waals surface area contributed by atoms with E-state index in [9.17, 15) is 9.59 Å². The number of amides is 1. The van der Waals surface area contributed by atoms with Gasteiger partial charge in [0, 0.05) is 24.9 Å². The molecule has 272 valence electrons. The van der Waals surface area contributed by atoms with Crippen molar-refractivity contribution >= 4 is 11.9 Å². The molecule has 0 bridgehead atoms. The van der Waals surface area contributed by atoms with Crippen LogP contribution in [-0.2, 0) is 20.7 Å². The van der Waals surface area contributed by atoms with Gasteiger partial charge in [0.05, 0.1) is 11.7 Å². The molecule has 0 saturated carbocycles. The highest BCUT2D eigenvalue weighted by Gasteiger charge is 2.49. The molecule has 0 spiro atoms. The Morgan fingerprint density at radius 1 is 0.816 bits per heavy atom. The normalized spacial score (nSPS) is 15.8. The van der Waals surface area contributed by atoms with Gasteiger partial charge in [0.1, 0.15) is 18.5 Å². The summed E-state index contributed by atoms with van der Waals surface area (Å²) in [6, 6.07) is 17.2. The maximum atomic E-state index is 12.8. The van der Waals surface area contributed by atoms with Gasteiger partial charge in [-0.1, -0.05) is 127 Å². The Kier molecular flexibility index (Phi) is 19.2. The first-order valence-electron chi connectivity index (χ1n) is 19.4. The summed E-state index contributed by atoms with van der Waals surface area (Å²) in [6.07, 6.45) is 23.3. The standard InChI is InChI=1S/C43H65NO5/c1-5-6-7-8-9-10-11-12-13-14-15-16-17-18-22-25-41(45)48-39(34-40-43(3,4)49-40)35(2)31-33-47-38-28-26-36(27-29-38)30-32-44-42(46)37-23-20-19-21-24-37/h19-21,23-24,26-29,31,39-40H,5-18,22,25,30,32-34H2,1-4H3,(H,44,46)/b35-31+. The van der Waals surface area contributed by atoms with Gasteiger partial charge in [-0.05, 0) is 75.1 Å². The van der Waals surface area contributed by atoms with Crippen molar-refractivity contribution in [2.24, 2.45) is 0 Å². The van der Waals surface area contributed by atoms with Gasteiger partial charge in [-0.15, -0.1) is 0 Å². The Morgan fingerprint density at radius 3 is 1.92 bits per heavy atom. The molecule has 1 fully saturated rings. The van der Waals surface area contributed by atoms with E-state index in [1.807, 2.05) is 67.6 Å². The molecule has 3 rings (SSSR count).